The first kappa shape index (κ1) is 8.04. The van der Waals surface area contributed by atoms with Gasteiger partial charge < -0.3 is 0 Å². The van der Waals surface area contributed by atoms with Crippen molar-refractivity contribution < 1.29 is 28.6 Å². The summed E-state index contributed by atoms with van der Waals surface area (Å²) in [5, 5.41) is 7.75. The molecule has 0 aliphatic heterocycles. The maximum Gasteiger partial charge on any atom is 0.730 e. The van der Waals surface area contributed by atoms with Crippen LogP contribution in [-0.4, -0.2) is 12.4 Å². The molecule has 0 fully saturated rings. The SMILES string of the molecule is O=[N+]([O-])OB(OF)OF. The Morgan fingerprint density at radius 1 is 1.44 bits per heavy atom. The van der Waals surface area contributed by atoms with Crippen molar-refractivity contribution in [3.05, 3.63) is 10.1 Å². The van der Waals surface area contributed by atoms with Crippen LogP contribution in [0, 0.1) is 10.1 Å². The maximum absolute atomic E-state index is 10.7. The summed E-state index contributed by atoms with van der Waals surface area (Å²) in [7, 11) is -2.56. The molecule has 0 rings (SSSR count). The van der Waals surface area contributed by atoms with E-state index in [1.54, 1.807) is 0 Å². The molecule has 0 aliphatic carbocycles. The molecule has 0 N–H and O–H groups in total. The average Bonchev–Trinajstić information content (AvgIpc) is 1.82. The summed E-state index contributed by atoms with van der Waals surface area (Å²) in [5.41, 5.74) is 0. The van der Waals surface area contributed by atoms with Crippen molar-refractivity contribution in [2.75, 3.05) is 0 Å². The number of rotatable bonds is 4. The van der Waals surface area contributed by atoms with Crippen LogP contribution < -0.4 is 0 Å². The minimum atomic E-state index is -2.56. The fourth-order valence-electron chi connectivity index (χ4n) is 0.117. The van der Waals surface area contributed by atoms with Gasteiger partial charge in [-0.2, -0.15) is 9.72 Å². The van der Waals surface area contributed by atoms with Gasteiger partial charge in [0.05, 0.1) is 0 Å². The van der Waals surface area contributed by atoms with E-state index in [4.69, 9.17) is 0 Å². The summed E-state index contributed by atoms with van der Waals surface area (Å²) < 4.78 is 24.5. The molecule has 0 spiro atoms. The van der Waals surface area contributed by atoms with E-state index in [-0.39, 0.29) is 0 Å². The Kier molecular flexibility index (Phi) is 3.56. The van der Waals surface area contributed by atoms with Crippen molar-refractivity contribution in [3.63, 3.8) is 0 Å². The van der Waals surface area contributed by atoms with Gasteiger partial charge in [-0.3, -0.25) is 4.76 Å². The second kappa shape index (κ2) is 3.98. The summed E-state index contributed by atoms with van der Waals surface area (Å²) in [4.78, 5) is 14.1. The lowest BCUT2D eigenvalue weighted by Crippen LogP contribution is -2.23. The van der Waals surface area contributed by atoms with Crippen LogP contribution in [0.1, 0.15) is 0 Å². The van der Waals surface area contributed by atoms with E-state index in [1.807, 2.05) is 0 Å². The number of nitrogens with zero attached hydrogens (tertiary/aromatic N) is 1. The predicted molar refractivity (Wildman–Crippen MR) is 18.2 cm³/mol. The third-order valence-corrected chi connectivity index (χ3v) is 0.318. The Morgan fingerprint density at radius 3 is 2.00 bits per heavy atom. The molecular formula is BF2NO5. The summed E-state index contributed by atoms with van der Waals surface area (Å²) >= 11 is 0. The molecule has 0 aromatic heterocycles. The third-order valence-electron chi connectivity index (χ3n) is 0.318. The molecule has 0 amide bonds. The van der Waals surface area contributed by atoms with Crippen LogP contribution in [0.3, 0.4) is 0 Å². The Balaban J connectivity index is 3.43. The highest BCUT2D eigenvalue weighted by atomic mass is 19.3. The smallest absolute Gasteiger partial charge is 0.294 e. The molecule has 0 aromatic carbocycles. The standard InChI is InChI=1S/BF2NO5/c2-7-1(8-3)9-4(5)6. The Hall–Kier alpha value is -0.955. The minimum Gasteiger partial charge on any atom is -0.294 e. The highest BCUT2D eigenvalue weighted by Crippen LogP contribution is 1.92. The van der Waals surface area contributed by atoms with E-state index in [9.17, 15) is 19.2 Å². The van der Waals surface area contributed by atoms with Crippen molar-refractivity contribution in [2.45, 2.75) is 0 Å². The number of hydrogen-bond donors (Lipinski definition) is 0. The zero-order valence-corrected chi connectivity index (χ0v) is 3.82. The summed E-state index contributed by atoms with van der Waals surface area (Å²) in [6.07, 6.45) is 0. The zero-order chi connectivity index (χ0) is 7.28. The van der Waals surface area contributed by atoms with E-state index in [0.29, 0.717) is 0 Å². The Labute approximate surface area is 47.4 Å². The molecule has 0 aromatic rings. The second-order valence-corrected chi connectivity index (χ2v) is 0.796. The lowest BCUT2D eigenvalue weighted by molar-refractivity contribution is -0.727. The third kappa shape index (κ3) is 3.61. The number of halogens is 2. The maximum atomic E-state index is 10.7. The predicted octanol–water partition coefficient (Wildman–Crippen LogP) is -0.0182. The summed E-state index contributed by atoms with van der Waals surface area (Å²) in [6.45, 7) is 0. The molecule has 0 bridgehead atoms. The van der Waals surface area contributed by atoms with Crippen LogP contribution in [-0.2, 0) is 14.5 Å². The molecule has 0 atom stereocenters. The van der Waals surface area contributed by atoms with Crippen LogP contribution in [0.4, 0.5) is 9.05 Å². The van der Waals surface area contributed by atoms with Gasteiger partial charge in [-0.25, -0.2) is 0 Å². The van der Waals surface area contributed by atoms with Crippen LogP contribution in [0.25, 0.3) is 0 Å². The first-order valence-corrected chi connectivity index (χ1v) is 1.56. The molecule has 6 nitrogen and oxygen atoms in total. The van der Waals surface area contributed by atoms with Crippen molar-refractivity contribution in [3.8, 4) is 0 Å². The monoisotopic (exact) mass is 143 g/mol. The molecule has 9 heteroatoms. The normalized spacial score (nSPS) is 8.67. The molecule has 0 saturated carbocycles. The van der Waals surface area contributed by atoms with Gasteiger partial charge in [0, 0.05) is 0 Å². The van der Waals surface area contributed by atoms with Crippen molar-refractivity contribution >= 4 is 7.32 Å². The van der Waals surface area contributed by atoms with Crippen molar-refractivity contribution in [1.82, 2.24) is 0 Å². The van der Waals surface area contributed by atoms with Crippen LogP contribution in [0.5, 0.6) is 0 Å². The van der Waals surface area contributed by atoms with E-state index in [0.717, 1.165) is 0 Å². The lowest BCUT2D eigenvalue weighted by atomic mass is 10.3. The molecule has 0 radical (unpaired) electrons. The van der Waals surface area contributed by atoms with E-state index >= 15 is 0 Å². The van der Waals surface area contributed by atoms with Gasteiger partial charge in [0.1, 0.15) is 0 Å². The largest absolute Gasteiger partial charge is 0.730 e. The first-order valence-electron chi connectivity index (χ1n) is 1.56. The van der Waals surface area contributed by atoms with Crippen LogP contribution in [0.2, 0.25) is 0 Å². The quantitative estimate of drug-likeness (QED) is 0.314. The zero-order valence-electron chi connectivity index (χ0n) is 3.82. The highest BCUT2D eigenvalue weighted by molar-refractivity contribution is 6.35. The minimum absolute atomic E-state index is 1.47. The molecule has 0 aliphatic rings. The fraction of sp³-hybridized carbons (Fsp3) is 0. The molecule has 52 valence electrons. The van der Waals surface area contributed by atoms with Crippen molar-refractivity contribution in [1.29, 1.82) is 0 Å². The topological polar surface area (TPSA) is 70.8 Å². The molecule has 9 heavy (non-hydrogen) atoms. The van der Waals surface area contributed by atoms with Gasteiger partial charge in [-0.15, -0.1) is 10.1 Å². The summed E-state index contributed by atoms with van der Waals surface area (Å²) in [6, 6.07) is 0. The van der Waals surface area contributed by atoms with E-state index in [1.165, 1.54) is 0 Å². The Bertz CT molecular complexity index is 93.0. The van der Waals surface area contributed by atoms with Crippen molar-refractivity contribution in [2.24, 2.45) is 0 Å². The summed E-state index contributed by atoms with van der Waals surface area (Å²) in [5.74, 6) is 0. The molecular weight excluding hydrogens is 143 g/mol. The van der Waals surface area contributed by atoms with E-state index in [2.05, 4.69) is 14.5 Å². The van der Waals surface area contributed by atoms with Gasteiger partial charge in [-0.05, 0) is 0 Å². The Morgan fingerprint density at radius 2 is 1.89 bits per heavy atom. The highest BCUT2D eigenvalue weighted by Gasteiger charge is 2.27. The van der Waals surface area contributed by atoms with Crippen LogP contribution >= 0.6 is 0 Å². The van der Waals surface area contributed by atoms with Gasteiger partial charge in [0.15, 0.2) is 0 Å². The van der Waals surface area contributed by atoms with Crippen LogP contribution in [0.15, 0.2) is 0 Å². The number of hydrogen-bond acceptors (Lipinski definition) is 5. The van der Waals surface area contributed by atoms with Gasteiger partial charge in [0.25, 0.3) is 5.09 Å². The molecule has 0 heterocycles. The van der Waals surface area contributed by atoms with Gasteiger partial charge >= 0.3 is 7.32 Å². The molecule has 0 unspecified atom stereocenters. The molecule has 0 saturated heterocycles. The first-order chi connectivity index (χ1) is 4.20. The van der Waals surface area contributed by atoms with E-state index < -0.39 is 12.4 Å². The lowest BCUT2D eigenvalue weighted by Gasteiger charge is -1.95. The second-order valence-electron chi connectivity index (χ2n) is 0.796. The average molecular weight is 143 g/mol. The fourth-order valence-corrected chi connectivity index (χ4v) is 0.117. The van der Waals surface area contributed by atoms with Gasteiger partial charge in [-0.1, -0.05) is 9.05 Å². The van der Waals surface area contributed by atoms with Gasteiger partial charge in [0.2, 0.25) is 0 Å².